The minimum atomic E-state index is -0.0738. The molecule has 1 aromatic heterocycles. The molecule has 1 rings (SSSR count). The molecule has 0 spiro atoms. The minimum absolute atomic E-state index is 0.0738. The number of aryl methyl sites for hydroxylation is 1. The number of nitrogens with one attached hydrogen (secondary N) is 1. The van der Waals surface area contributed by atoms with Gasteiger partial charge in [-0.15, -0.1) is 0 Å². The van der Waals surface area contributed by atoms with E-state index < -0.39 is 0 Å². The normalized spacial score (nSPS) is 11.0. The average Bonchev–Trinajstić information content (AvgIpc) is 2.84. The van der Waals surface area contributed by atoms with Crippen molar-refractivity contribution in [2.24, 2.45) is 0 Å². The Morgan fingerprint density at radius 2 is 2.15 bits per heavy atom. The van der Waals surface area contributed by atoms with Crippen molar-refractivity contribution < 1.29 is 9.53 Å². The van der Waals surface area contributed by atoms with Crippen LogP contribution in [0, 0.1) is 0 Å². The molecular weight excluding hydrogens is 252 g/mol. The van der Waals surface area contributed by atoms with Crippen LogP contribution in [0.15, 0.2) is 18.3 Å². The number of rotatable bonds is 10. The molecule has 20 heavy (non-hydrogen) atoms. The smallest absolute Gasteiger partial charge is 0.305 e. The molecule has 0 aliphatic rings. The van der Waals surface area contributed by atoms with E-state index in [-0.39, 0.29) is 5.97 Å². The summed E-state index contributed by atoms with van der Waals surface area (Å²) in [6.45, 7) is 8.56. The maximum atomic E-state index is 11.2. The maximum absolute atomic E-state index is 11.2. The van der Waals surface area contributed by atoms with Crippen LogP contribution < -0.4 is 5.32 Å². The molecule has 1 heterocycles. The quantitative estimate of drug-likeness (QED) is 0.529. The van der Waals surface area contributed by atoms with Crippen molar-refractivity contribution >= 4 is 5.97 Å². The van der Waals surface area contributed by atoms with E-state index in [1.165, 1.54) is 5.69 Å². The summed E-state index contributed by atoms with van der Waals surface area (Å²) in [7, 11) is 0. The van der Waals surface area contributed by atoms with E-state index in [0.29, 0.717) is 19.1 Å². The fraction of sp³-hybridized carbons (Fsp3) is 0.688. The standard InChI is InChI=1S/C16H28N2O2/c1-4-20-16(19)10-6-5-7-11-18-12-8-9-15(18)13-17-14(2)3/h8-9,12,14,17H,4-7,10-11,13H2,1-3H3. The number of ether oxygens (including phenoxy) is 1. The van der Waals surface area contributed by atoms with E-state index in [1.807, 2.05) is 6.92 Å². The third-order valence-electron chi connectivity index (χ3n) is 3.20. The number of carbonyl (C=O) groups excluding carboxylic acids is 1. The topological polar surface area (TPSA) is 43.3 Å². The first-order valence-electron chi connectivity index (χ1n) is 7.66. The van der Waals surface area contributed by atoms with Gasteiger partial charge in [-0.05, 0) is 31.9 Å². The molecule has 0 atom stereocenters. The van der Waals surface area contributed by atoms with E-state index in [9.17, 15) is 4.79 Å². The van der Waals surface area contributed by atoms with Crippen molar-refractivity contribution in [3.63, 3.8) is 0 Å². The summed E-state index contributed by atoms with van der Waals surface area (Å²) in [5, 5.41) is 3.44. The van der Waals surface area contributed by atoms with Gasteiger partial charge in [0, 0.05) is 37.4 Å². The molecule has 0 aromatic carbocycles. The fourth-order valence-electron chi connectivity index (χ4n) is 2.10. The monoisotopic (exact) mass is 280 g/mol. The Hall–Kier alpha value is -1.29. The number of unbranched alkanes of at least 4 members (excludes halogenated alkanes) is 2. The Bertz CT molecular complexity index is 386. The molecule has 0 aliphatic carbocycles. The SMILES string of the molecule is CCOC(=O)CCCCCn1cccc1CNC(C)C. The first-order valence-corrected chi connectivity index (χ1v) is 7.66. The Labute approximate surface area is 122 Å². The molecule has 0 saturated carbocycles. The molecule has 4 nitrogen and oxygen atoms in total. The first-order chi connectivity index (χ1) is 9.63. The Balaban J connectivity index is 2.19. The van der Waals surface area contributed by atoms with Gasteiger partial charge in [0.1, 0.15) is 0 Å². The van der Waals surface area contributed by atoms with Crippen molar-refractivity contribution in [3.8, 4) is 0 Å². The number of esters is 1. The van der Waals surface area contributed by atoms with Gasteiger partial charge in [-0.3, -0.25) is 4.79 Å². The van der Waals surface area contributed by atoms with Crippen LogP contribution in [0.3, 0.4) is 0 Å². The van der Waals surface area contributed by atoms with Gasteiger partial charge in [0.2, 0.25) is 0 Å². The van der Waals surface area contributed by atoms with E-state index in [1.54, 1.807) is 0 Å². The van der Waals surface area contributed by atoms with E-state index in [4.69, 9.17) is 4.74 Å². The number of carbonyl (C=O) groups is 1. The second-order valence-corrected chi connectivity index (χ2v) is 5.34. The molecule has 1 N–H and O–H groups in total. The van der Waals surface area contributed by atoms with Gasteiger partial charge in [-0.2, -0.15) is 0 Å². The van der Waals surface area contributed by atoms with E-state index >= 15 is 0 Å². The summed E-state index contributed by atoms with van der Waals surface area (Å²) in [4.78, 5) is 11.2. The first kappa shape index (κ1) is 16.8. The van der Waals surface area contributed by atoms with Crippen molar-refractivity contribution in [3.05, 3.63) is 24.0 Å². The number of hydrogen-bond acceptors (Lipinski definition) is 3. The molecule has 1 aromatic rings. The van der Waals surface area contributed by atoms with Crippen LogP contribution in [0.1, 0.15) is 52.1 Å². The molecule has 4 heteroatoms. The van der Waals surface area contributed by atoms with E-state index in [0.717, 1.165) is 32.4 Å². The highest BCUT2D eigenvalue weighted by molar-refractivity contribution is 5.69. The van der Waals surface area contributed by atoms with Crippen LogP contribution in [-0.4, -0.2) is 23.2 Å². The van der Waals surface area contributed by atoms with Crippen molar-refractivity contribution in [2.45, 2.75) is 65.6 Å². The lowest BCUT2D eigenvalue weighted by molar-refractivity contribution is -0.143. The number of hydrogen-bond donors (Lipinski definition) is 1. The van der Waals surface area contributed by atoms with Crippen LogP contribution in [0.2, 0.25) is 0 Å². The summed E-state index contributed by atoms with van der Waals surface area (Å²) in [5.74, 6) is -0.0738. The molecule has 0 fully saturated rings. The Kier molecular flexibility index (Phi) is 8.04. The Morgan fingerprint density at radius 3 is 2.85 bits per heavy atom. The summed E-state index contributed by atoms with van der Waals surface area (Å²) >= 11 is 0. The lowest BCUT2D eigenvalue weighted by Gasteiger charge is -2.12. The van der Waals surface area contributed by atoms with Crippen molar-refractivity contribution in [1.82, 2.24) is 9.88 Å². The molecule has 0 bridgehead atoms. The van der Waals surface area contributed by atoms with Crippen LogP contribution >= 0.6 is 0 Å². The third-order valence-corrected chi connectivity index (χ3v) is 3.20. The molecule has 0 radical (unpaired) electrons. The maximum Gasteiger partial charge on any atom is 0.305 e. The van der Waals surface area contributed by atoms with Gasteiger partial charge in [-0.1, -0.05) is 20.3 Å². The van der Waals surface area contributed by atoms with Gasteiger partial charge in [0.05, 0.1) is 6.61 Å². The zero-order chi connectivity index (χ0) is 14.8. The van der Waals surface area contributed by atoms with Gasteiger partial charge in [-0.25, -0.2) is 0 Å². The highest BCUT2D eigenvalue weighted by Gasteiger charge is 2.03. The summed E-state index contributed by atoms with van der Waals surface area (Å²) in [5.41, 5.74) is 1.32. The van der Waals surface area contributed by atoms with Gasteiger partial charge < -0.3 is 14.6 Å². The molecular formula is C16H28N2O2. The summed E-state index contributed by atoms with van der Waals surface area (Å²) in [6.07, 6.45) is 5.75. The molecule has 114 valence electrons. The van der Waals surface area contributed by atoms with Crippen LogP contribution in [0.5, 0.6) is 0 Å². The molecule has 0 aliphatic heterocycles. The lowest BCUT2D eigenvalue weighted by atomic mass is 10.2. The number of aromatic nitrogens is 1. The van der Waals surface area contributed by atoms with Gasteiger partial charge in [0.15, 0.2) is 0 Å². The molecule has 0 amide bonds. The van der Waals surface area contributed by atoms with Crippen LogP contribution in [0.25, 0.3) is 0 Å². The van der Waals surface area contributed by atoms with Crippen molar-refractivity contribution in [2.75, 3.05) is 6.61 Å². The van der Waals surface area contributed by atoms with Crippen molar-refractivity contribution in [1.29, 1.82) is 0 Å². The van der Waals surface area contributed by atoms with Crippen LogP contribution in [-0.2, 0) is 22.6 Å². The second kappa shape index (κ2) is 9.59. The van der Waals surface area contributed by atoms with Crippen LogP contribution in [0.4, 0.5) is 0 Å². The predicted molar refractivity (Wildman–Crippen MR) is 81.5 cm³/mol. The fourth-order valence-corrected chi connectivity index (χ4v) is 2.10. The third kappa shape index (κ3) is 6.75. The lowest BCUT2D eigenvalue weighted by Crippen LogP contribution is -2.23. The summed E-state index contributed by atoms with van der Waals surface area (Å²) in [6, 6.07) is 4.76. The zero-order valence-corrected chi connectivity index (χ0v) is 13.0. The minimum Gasteiger partial charge on any atom is -0.466 e. The number of nitrogens with zero attached hydrogens (tertiary/aromatic N) is 1. The highest BCUT2D eigenvalue weighted by Crippen LogP contribution is 2.08. The zero-order valence-electron chi connectivity index (χ0n) is 13.0. The Morgan fingerprint density at radius 1 is 1.35 bits per heavy atom. The average molecular weight is 280 g/mol. The molecule has 0 unspecified atom stereocenters. The van der Waals surface area contributed by atoms with E-state index in [2.05, 4.69) is 42.1 Å². The second-order valence-electron chi connectivity index (χ2n) is 5.34. The van der Waals surface area contributed by atoms with Gasteiger partial charge in [0.25, 0.3) is 0 Å². The summed E-state index contributed by atoms with van der Waals surface area (Å²) < 4.78 is 7.21. The largest absolute Gasteiger partial charge is 0.466 e. The molecule has 0 saturated heterocycles. The predicted octanol–water partition coefficient (Wildman–Crippen LogP) is 3.11. The highest BCUT2D eigenvalue weighted by atomic mass is 16.5. The van der Waals surface area contributed by atoms with Gasteiger partial charge >= 0.3 is 5.97 Å².